The predicted molar refractivity (Wildman–Crippen MR) is 79.5 cm³/mol. The van der Waals surface area contributed by atoms with Gasteiger partial charge in [0.25, 0.3) is 10.0 Å². The summed E-state index contributed by atoms with van der Waals surface area (Å²) in [6, 6.07) is 8.16. The highest BCUT2D eigenvalue weighted by molar-refractivity contribution is 7.92. The summed E-state index contributed by atoms with van der Waals surface area (Å²) in [6.07, 6.45) is 0. The van der Waals surface area contributed by atoms with Gasteiger partial charge in [0.1, 0.15) is 21.5 Å². The predicted octanol–water partition coefficient (Wildman–Crippen LogP) is 2.40. The summed E-state index contributed by atoms with van der Waals surface area (Å²) in [5.41, 5.74) is 6.20. The Labute approximate surface area is 125 Å². The molecule has 0 aliphatic heterocycles. The molecular formula is C13H10F2N2O2S2. The number of rotatable bonds is 4. The number of thiocarbonyl (C=S) groups is 1. The van der Waals surface area contributed by atoms with Crippen molar-refractivity contribution in [1.29, 1.82) is 0 Å². The summed E-state index contributed by atoms with van der Waals surface area (Å²) in [5, 5.41) is 0. The summed E-state index contributed by atoms with van der Waals surface area (Å²) in [7, 11) is -4.15. The lowest BCUT2D eigenvalue weighted by Crippen LogP contribution is -2.15. The van der Waals surface area contributed by atoms with E-state index in [-0.39, 0.29) is 10.7 Å². The fraction of sp³-hybridized carbons (Fsp3) is 0. The number of benzene rings is 2. The Morgan fingerprint density at radius 2 is 1.71 bits per heavy atom. The molecule has 8 heteroatoms. The van der Waals surface area contributed by atoms with Crippen molar-refractivity contribution in [3.63, 3.8) is 0 Å². The van der Waals surface area contributed by atoms with Crippen molar-refractivity contribution in [2.24, 2.45) is 5.73 Å². The summed E-state index contributed by atoms with van der Waals surface area (Å²) in [4.78, 5) is -0.462. The first kappa shape index (κ1) is 15.3. The maximum atomic E-state index is 13.5. The molecule has 110 valence electrons. The van der Waals surface area contributed by atoms with Crippen LogP contribution < -0.4 is 10.5 Å². The van der Waals surface area contributed by atoms with E-state index in [9.17, 15) is 17.2 Å². The third kappa shape index (κ3) is 3.53. The second-order valence-corrected chi connectivity index (χ2v) is 6.21. The van der Waals surface area contributed by atoms with Crippen LogP contribution in [0.1, 0.15) is 5.56 Å². The van der Waals surface area contributed by atoms with Gasteiger partial charge in [0, 0.05) is 17.3 Å². The summed E-state index contributed by atoms with van der Waals surface area (Å²) in [6.45, 7) is 0. The van der Waals surface area contributed by atoms with E-state index in [1.54, 1.807) is 0 Å². The number of sulfonamides is 1. The van der Waals surface area contributed by atoms with Gasteiger partial charge in [-0.15, -0.1) is 0 Å². The summed E-state index contributed by atoms with van der Waals surface area (Å²) in [5.74, 6) is -2.02. The quantitative estimate of drug-likeness (QED) is 0.846. The Morgan fingerprint density at radius 3 is 2.24 bits per heavy atom. The van der Waals surface area contributed by atoms with E-state index >= 15 is 0 Å². The maximum absolute atomic E-state index is 13.5. The molecular weight excluding hydrogens is 318 g/mol. The molecule has 0 saturated carbocycles. The average molecular weight is 328 g/mol. The number of nitrogens with one attached hydrogen (secondary N) is 1. The number of hydrogen-bond donors (Lipinski definition) is 2. The lowest BCUT2D eigenvalue weighted by molar-refractivity contribution is 0.551. The molecule has 0 heterocycles. The molecule has 0 bridgehead atoms. The molecule has 0 fully saturated rings. The Hall–Kier alpha value is -2.06. The van der Waals surface area contributed by atoms with Crippen molar-refractivity contribution in [3.8, 4) is 0 Å². The molecule has 0 radical (unpaired) electrons. The molecule has 21 heavy (non-hydrogen) atoms. The molecule has 0 amide bonds. The third-order valence-electron chi connectivity index (χ3n) is 2.61. The van der Waals surface area contributed by atoms with Crippen molar-refractivity contribution in [3.05, 3.63) is 59.7 Å². The van der Waals surface area contributed by atoms with Crippen LogP contribution in [-0.4, -0.2) is 13.4 Å². The van der Waals surface area contributed by atoms with E-state index < -0.39 is 26.6 Å². The number of anilines is 1. The molecule has 0 aliphatic rings. The first-order chi connectivity index (χ1) is 9.79. The lowest BCUT2D eigenvalue weighted by atomic mass is 10.2. The summed E-state index contributed by atoms with van der Waals surface area (Å²) >= 11 is 4.77. The maximum Gasteiger partial charge on any atom is 0.264 e. The molecule has 2 aromatic carbocycles. The normalized spacial score (nSPS) is 11.1. The Balaban J connectivity index is 2.30. The Bertz CT molecular complexity index is 790. The van der Waals surface area contributed by atoms with Gasteiger partial charge in [0.2, 0.25) is 0 Å². The fourth-order valence-corrected chi connectivity index (χ4v) is 2.86. The zero-order chi connectivity index (χ0) is 15.6. The molecule has 0 aliphatic carbocycles. The lowest BCUT2D eigenvalue weighted by Gasteiger charge is -2.09. The Kier molecular flexibility index (Phi) is 4.19. The highest BCUT2D eigenvalue weighted by Crippen LogP contribution is 2.20. The van der Waals surface area contributed by atoms with Crippen molar-refractivity contribution in [2.75, 3.05) is 4.72 Å². The largest absolute Gasteiger partial charge is 0.389 e. The first-order valence-corrected chi connectivity index (χ1v) is 7.56. The van der Waals surface area contributed by atoms with Gasteiger partial charge >= 0.3 is 0 Å². The first-order valence-electron chi connectivity index (χ1n) is 5.67. The second-order valence-electron chi connectivity index (χ2n) is 4.12. The van der Waals surface area contributed by atoms with Gasteiger partial charge in [-0.3, -0.25) is 4.72 Å². The van der Waals surface area contributed by atoms with E-state index in [1.165, 1.54) is 24.3 Å². The number of hydrogen-bond acceptors (Lipinski definition) is 3. The van der Waals surface area contributed by atoms with Crippen LogP contribution >= 0.6 is 12.2 Å². The van der Waals surface area contributed by atoms with E-state index in [0.29, 0.717) is 11.6 Å². The Morgan fingerprint density at radius 1 is 1.10 bits per heavy atom. The van der Waals surface area contributed by atoms with Crippen LogP contribution in [-0.2, 0) is 10.0 Å². The molecule has 4 nitrogen and oxygen atoms in total. The van der Waals surface area contributed by atoms with Gasteiger partial charge in [0.05, 0.1) is 0 Å². The highest BCUT2D eigenvalue weighted by Gasteiger charge is 2.19. The van der Waals surface area contributed by atoms with Crippen molar-refractivity contribution in [1.82, 2.24) is 0 Å². The standard InChI is InChI=1S/C13H10F2N2O2S2/c14-9-3-6-12(11(15)7-9)21(18,19)17-10-4-1-8(2-5-10)13(16)20/h1-7,17H,(H2,16,20). The summed E-state index contributed by atoms with van der Waals surface area (Å²) < 4.78 is 52.6. The van der Waals surface area contributed by atoms with Gasteiger partial charge in [-0.25, -0.2) is 17.2 Å². The molecule has 0 atom stereocenters. The second kappa shape index (κ2) is 5.74. The number of halogens is 2. The molecule has 0 aromatic heterocycles. The molecule has 0 unspecified atom stereocenters. The van der Waals surface area contributed by atoms with E-state index in [1.807, 2.05) is 0 Å². The van der Waals surface area contributed by atoms with Crippen molar-refractivity contribution in [2.45, 2.75) is 4.90 Å². The molecule has 0 spiro atoms. The van der Waals surface area contributed by atoms with E-state index in [2.05, 4.69) is 4.72 Å². The fourth-order valence-electron chi connectivity index (χ4n) is 1.61. The van der Waals surface area contributed by atoms with Crippen LogP contribution in [0.4, 0.5) is 14.5 Å². The van der Waals surface area contributed by atoms with Crippen molar-refractivity contribution < 1.29 is 17.2 Å². The van der Waals surface area contributed by atoms with Gasteiger partial charge in [-0.1, -0.05) is 12.2 Å². The highest BCUT2D eigenvalue weighted by atomic mass is 32.2. The minimum Gasteiger partial charge on any atom is -0.389 e. The smallest absolute Gasteiger partial charge is 0.264 e. The van der Waals surface area contributed by atoms with Crippen LogP contribution in [0.2, 0.25) is 0 Å². The third-order valence-corrected chi connectivity index (χ3v) is 4.26. The van der Waals surface area contributed by atoms with Crippen LogP contribution in [0.3, 0.4) is 0 Å². The van der Waals surface area contributed by atoms with Crippen molar-refractivity contribution >= 4 is 32.9 Å². The van der Waals surface area contributed by atoms with Gasteiger partial charge < -0.3 is 5.73 Å². The van der Waals surface area contributed by atoms with Gasteiger partial charge in [-0.05, 0) is 36.4 Å². The van der Waals surface area contributed by atoms with Crippen LogP contribution in [0, 0.1) is 11.6 Å². The SMILES string of the molecule is NC(=S)c1ccc(NS(=O)(=O)c2ccc(F)cc2F)cc1. The van der Waals surface area contributed by atoms with Crippen LogP contribution in [0.15, 0.2) is 47.4 Å². The van der Waals surface area contributed by atoms with Gasteiger partial charge in [0.15, 0.2) is 0 Å². The molecule has 0 saturated heterocycles. The van der Waals surface area contributed by atoms with Gasteiger partial charge in [-0.2, -0.15) is 0 Å². The minimum absolute atomic E-state index is 0.175. The van der Waals surface area contributed by atoms with Crippen LogP contribution in [0.5, 0.6) is 0 Å². The van der Waals surface area contributed by atoms with E-state index in [4.69, 9.17) is 18.0 Å². The number of nitrogens with two attached hydrogens (primary N) is 1. The topological polar surface area (TPSA) is 72.2 Å². The molecule has 2 rings (SSSR count). The zero-order valence-electron chi connectivity index (χ0n) is 10.5. The zero-order valence-corrected chi connectivity index (χ0v) is 12.1. The molecule has 2 aromatic rings. The monoisotopic (exact) mass is 328 g/mol. The van der Waals surface area contributed by atoms with Crippen LogP contribution in [0.25, 0.3) is 0 Å². The van der Waals surface area contributed by atoms with E-state index in [0.717, 1.165) is 12.1 Å². The molecule has 3 N–H and O–H groups in total. The average Bonchev–Trinajstić information content (AvgIpc) is 2.38. The minimum atomic E-state index is -4.15.